The summed E-state index contributed by atoms with van der Waals surface area (Å²) in [7, 11) is 0. The first-order valence-electron chi connectivity index (χ1n) is 9.11. The molecule has 1 aliphatic carbocycles. The van der Waals surface area contributed by atoms with Crippen LogP contribution in [0.1, 0.15) is 45.4 Å². The number of aliphatic hydroxyl groups excluding tert-OH is 1. The van der Waals surface area contributed by atoms with Gasteiger partial charge in [-0.2, -0.15) is 0 Å². The van der Waals surface area contributed by atoms with Crippen molar-refractivity contribution in [2.75, 3.05) is 24.5 Å². The topological polar surface area (TPSA) is 52.6 Å². The minimum absolute atomic E-state index is 0.0126. The molecule has 2 rings (SSSR count). The average Bonchev–Trinajstić information content (AvgIpc) is 2.62. The molecule has 0 heterocycles. The fourth-order valence-corrected chi connectivity index (χ4v) is 3.01. The number of carbonyl (C=O) groups is 1. The van der Waals surface area contributed by atoms with E-state index < -0.39 is 6.10 Å². The molecule has 1 aromatic carbocycles. The minimum Gasteiger partial charge on any atom is -0.391 e. The lowest BCUT2D eigenvalue weighted by molar-refractivity contribution is -0.119. The van der Waals surface area contributed by atoms with Gasteiger partial charge in [-0.15, -0.1) is 0 Å². The van der Waals surface area contributed by atoms with Crippen molar-refractivity contribution in [3.63, 3.8) is 0 Å². The second-order valence-electron chi connectivity index (χ2n) is 6.49. The van der Waals surface area contributed by atoms with E-state index in [1.165, 1.54) is 31.3 Å². The van der Waals surface area contributed by atoms with Crippen molar-refractivity contribution in [2.45, 2.75) is 51.6 Å². The smallest absolute Gasteiger partial charge is 0.239 e. The number of hydrogen-bond acceptors (Lipinski definition) is 3. The molecule has 0 saturated heterocycles. The Morgan fingerprint density at radius 2 is 2.08 bits per heavy atom. The van der Waals surface area contributed by atoms with Crippen LogP contribution in [0.25, 0.3) is 0 Å². The van der Waals surface area contributed by atoms with E-state index in [1.54, 1.807) is 0 Å². The van der Waals surface area contributed by atoms with Gasteiger partial charge in [0.15, 0.2) is 0 Å². The summed E-state index contributed by atoms with van der Waals surface area (Å²) in [5, 5.41) is 13.0. The molecule has 0 radical (unpaired) electrons. The van der Waals surface area contributed by atoms with Crippen molar-refractivity contribution in [3.05, 3.63) is 42.0 Å². The fourth-order valence-electron chi connectivity index (χ4n) is 3.01. The van der Waals surface area contributed by atoms with E-state index in [1.807, 2.05) is 42.2 Å². The highest BCUT2D eigenvalue weighted by atomic mass is 16.3. The average molecular weight is 330 g/mol. The lowest BCUT2D eigenvalue weighted by Crippen LogP contribution is -2.41. The summed E-state index contributed by atoms with van der Waals surface area (Å²) in [4.78, 5) is 14.2. The summed E-state index contributed by atoms with van der Waals surface area (Å²) >= 11 is 0. The number of aliphatic hydroxyl groups is 1. The Balaban J connectivity index is 1.83. The maximum Gasteiger partial charge on any atom is 0.239 e. The number of nitrogens with zero attached hydrogens (tertiary/aromatic N) is 1. The van der Waals surface area contributed by atoms with Gasteiger partial charge < -0.3 is 15.3 Å². The van der Waals surface area contributed by atoms with Crippen LogP contribution < -0.4 is 10.2 Å². The minimum atomic E-state index is -0.426. The third-order valence-electron chi connectivity index (χ3n) is 4.51. The van der Waals surface area contributed by atoms with Crippen LogP contribution in [0.4, 0.5) is 5.69 Å². The molecular weight excluding hydrogens is 300 g/mol. The van der Waals surface area contributed by atoms with Crippen LogP contribution in [0.5, 0.6) is 0 Å². The van der Waals surface area contributed by atoms with Gasteiger partial charge in [0.05, 0.1) is 12.6 Å². The molecule has 4 nitrogen and oxygen atoms in total. The summed E-state index contributed by atoms with van der Waals surface area (Å²) in [6.45, 7) is 3.40. The maximum atomic E-state index is 12.3. The van der Waals surface area contributed by atoms with Gasteiger partial charge in [0.2, 0.25) is 5.91 Å². The van der Waals surface area contributed by atoms with Gasteiger partial charge in [0.25, 0.3) is 0 Å². The maximum absolute atomic E-state index is 12.3. The van der Waals surface area contributed by atoms with Gasteiger partial charge in [0.1, 0.15) is 0 Å². The molecule has 1 atom stereocenters. The van der Waals surface area contributed by atoms with E-state index in [4.69, 9.17) is 0 Å². The van der Waals surface area contributed by atoms with Gasteiger partial charge in [-0.25, -0.2) is 0 Å². The summed E-state index contributed by atoms with van der Waals surface area (Å²) in [6.07, 6.45) is 8.45. The number of carbonyl (C=O) groups excluding carboxylic acids is 1. The van der Waals surface area contributed by atoms with Crippen molar-refractivity contribution in [1.82, 2.24) is 5.32 Å². The van der Waals surface area contributed by atoms with Crippen LogP contribution in [-0.2, 0) is 4.79 Å². The number of allylic oxidation sites excluding steroid dienone is 1. The van der Waals surface area contributed by atoms with Gasteiger partial charge in [-0.1, -0.05) is 36.8 Å². The van der Waals surface area contributed by atoms with E-state index in [-0.39, 0.29) is 12.5 Å². The van der Waals surface area contributed by atoms with E-state index in [0.717, 1.165) is 12.1 Å². The first kappa shape index (κ1) is 18.5. The number of anilines is 1. The van der Waals surface area contributed by atoms with E-state index in [0.29, 0.717) is 19.5 Å². The van der Waals surface area contributed by atoms with Crippen LogP contribution in [0.2, 0.25) is 0 Å². The quantitative estimate of drug-likeness (QED) is 0.683. The number of benzene rings is 1. The Hall–Kier alpha value is -1.81. The summed E-state index contributed by atoms with van der Waals surface area (Å²) in [5.41, 5.74) is 2.44. The Kier molecular flexibility index (Phi) is 7.83. The van der Waals surface area contributed by atoms with Crippen LogP contribution in [0.15, 0.2) is 42.0 Å². The highest BCUT2D eigenvalue weighted by Gasteiger charge is 2.15. The van der Waals surface area contributed by atoms with Crippen molar-refractivity contribution in [2.24, 2.45) is 0 Å². The Bertz CT molecular complexity index is 528. The van der Waals surface area contributed by atoms with Crippen LogP contribution >= 0.6 is 0 Å². The molecule has 24 heavy (non-hydrogen) atoms. The molecule has 0 fully saturated rings. The van der Waals surface area contributed by atoms with Crippen LogP contribution in [0, 0.1) is 0 Å². The predicted molar refractivity (Wildman–Crippen MR) is 99.1 cm³/mol. The Morgan fingerprint density at radius 1 is 1.29 bits per heavy atom. The number of nitrogens with one attached hydrogen (secondary N) is 1. The van der Waals surface area contributed by atoms with Gasteiger partial charge >= 0.3 is 0 Å². The normalized spacial score (nSPS) is 15.5. The molecule has 4 heteroatoms. The zero-order chi connectivity index (χ0) is 17.2. The number of amides is 1. The number of rotatable bonds is 9. The molecule has 0 saturated carbocycles. The molecule has 1 unspecified atom stereocenters. The van der Waals surface area contributed by atoms with E-state index in [9.17, 15) is 9.90 Å². The molecule has 0 bridgehead atoms. The van der Waals surface area contributed by atoms with E-state index in [2.05, 4.69) is 11.4 Å². The fraction of sp³-hybridized carbons (Fsp3) is 0.550. The largest absolute Gasteiger partial charge is 0.391 e. The summed E-state index contributed by atoms with van der Waals surface area (Å²) < 4.78 is 0. The molecule has 1 aromatic rings. The summed E-state index contributed by atoms with van der Waals surface area (Å²) in [5.74, 6) is 0.0126. The second kappa shape index (κ2) is 10.1. The second-order valence-corrected chi connectivity index (χ2v) is 6.49. The van der Waals surface area contributed by atoms with Crippen LogP contribution in [0.3, 0.4) is 0 Å². The van der Waals surface area contributed by atoms with E-state index >= 15 is 0 Å². The molecular formula is C20H30N2O2. The number of hydrogen-bond donors (Lipinski definition) is 2. The molecule has 2 N–H and O–H groups in total. The standard InChI is InChI=1S/C20H30N2O2/c1-2-19(23)15-22(18-11-7-4-8-12-18)16-20(24)21-14-13-17-9-5-3-6-10-17/h4,7-9,11-12,19,23H,2-3,5-6,10,13-16H2,1H3,(H,21,24). The third-order valence-corrected chi connectivity index (χ3v) is 4.51. The SMILES string of the molecule is CCC(O)CN(CC(=O)NCCC1=CCCCC1)c1ccccc1. The molecule has 132 valence electrons. The zero-order valence-corrected chi connectivity index (χ0v) is 14.7. The number of para-hydroxylation sites is 1. The Morgan fingerprint density at radius 3 is 2.75 bits per heavy atom. The summed E-state index contributed by atoms with van der Waals surface area (Å²) in [6, 6.07) is 9.81. The highest BCUT2D eigenvalue weighted by Crippen LogP contribution is 2.19. The predicted octanol–water partition coefficient (Wildman–Crippen LogP) is 3.27. The lowest BCUT2D eigenvalue weighted by Gasteiger charge is -2.26. The van der Waals surface area contributed by atoms with Crippen molar-refractivity contribution < 1.29 is 9.90 Å². The monoisotopic (exact) mass is 330 g/mol. The lowest BCUT2D eigenvalue weighted by atomic mass is 9.97. The van der Waals surface area contributed by atoms with Gasteiger partial charge in [-0.05, 0) is 50.7 Å². The zero-order valence-electron chi connectivity index (χ0n) is 14.7. The van der Waals surface area contributed by atoms with Gasteiger partial charge in [0, 0.05) is 18.8 Å². The van der Waals surface area contributed by atoms with Gasteiger partial charge in [-0.3, -0.25) is 4.79 Å². The Labute approximate surface area is 145 Å². The first-order chi connectivity index (χ1) is 11.7. The third kappa shape index (κ3) is 6.36. The van der Waals surface area contributed by atoms with Crippen molar-refractivity contribution in [3.8, 4) is 0 Å². The molecule has 0 aromatic heterocycles. The molecule has 0 aliphatic heterocycles. The van der Waals surface area contributed by atoms with Crippen molar-refractivity contribution >= 4 is 11.6 Å². The molecule has 0 spiro atoms. The molecule has 1 amide bonds. The first-order valence-corrected chi connectivity index (χ1v) is 9.11. The highest BCUT2D eigenvalue weighted by molar-refractivity contribution is 5.81. The molecule has 1 aliphatic rings. The van der Waals surface area contributed by atoms with Crippen LogP contribution in [-0.4, -0.2) is 36.8 Å². The van der Waals surface area contributed by atoms with Crippen molar-refractivity contribution in [1.29, 1.82) is 0 Å².